The quantitative estimate of drug-likeness (QED) is 0.916. The first-order chi connectivity index (χ1) is 9.81. The van der Waals surface area contributed by atoms with Gasteiger partial charge >= 0.3 is 0 Å². The first kappa shape index (κ1) is 13.7. The second-order valence-corrected chi connectivity index (χ2v) is 6.58. The van der Waals surface area contributed by atoms with Crippen molar-refractivity contribution in [1.29, 1.82) is 0 Å². The Morgan fingerprint density at radius 2 is 2.15 bits per heavy atom. The van der Waals surface area contributed by atoms with Crippen LogP contribution in [0.15, 0.2) is 42.0 Å². The minimum absolute atomic E-state index is 0.584. The van der Waals surface area contributed by atoms with Crippen LogP contribution < -0.4 is 5.32 Å². The fourth-order valence-corrected chi connectivity index (χ4v) is 3.41. The lowest BCUT2D eigenvalue weighted by Gasteiger charge is -2.17. The summed E-state index contributed by atoms with van der Waals surface area (Å²) in [4.78, 5) is 7.99. The molecule has 1 saturated heterocycles. The van der Waals surface area contributed by atoms with Crippen molar-refractivity contribution < 1.29 is 0 Å². The van der Waals surface area contributed by atoms with Crippen molar-refractivity contribution >= 4 is 11.3 Å². The smallest absolute Gasteiger partial charge is 0.0794 e. The summed E-state index contributed by atoms with van der Waals surface area (Å²) in [5.41, 5.74) is 3.30. The van der Waals surface area contributed by atoms with Crippen LogP contribution in [-0.2, 0) is 13.1 Å². The molecule has 1 aliphatic heterocycles. The van der Waals surface area contributed by atoms with Crippen molar-refractivity contribution in [3.05, 3.63) is 52.5 Å². The van der Waals surface area contributed by atoms with Crippen LogP contribution in [0.25, 0.3) is 0 Å². The van der Waals surface area contributed by atoms with E-state index in [1.54, 1.807) is 11.3 Å². The van der Waals surface area contributed by atoms with E-state index in [2.05, 4.69) is 52.5 Å². The highest BCUT2D eigenvalue weighted by Crippen LogP contribution is 2.19. The molecule has 3 nitrogen and oxygen atoms in total. The van der Waals surface area contributed by atoms with Gasteiger partial charge in [-0.2, -0.15) is 0 Å². The fraction of sp³-hybridized carbons (Fsp3) is 0.438. The van der Waals surface area contributed by atoms with Crippen LogP contribution in [0.4, 0.5) is 0 Å². The number of thiazole rings is 1. The minimum Gasteiger partial charge on any atom is -0.307 e. The molecule has 1 aliphatic rings. The molecule has 106 valence electrons. The van der Waals surface area contributed by atoms with Crippen LogP contribution in [0, 0.1) is 5.92 Å². The molecule has 0 saturated carbocycles. The van der Waals surface area contributed by atoms with Crippen molar-refractivity contribution in [2.75, 3.05) is 13.1 Å². The third kappa shape index (κ3) is 3.45. The van der Waals surface area contributed by atoms with Gasteiger partial charge in [-0.05, 0) is 11.5 Å². The van der Waals surface area contributed by atoms with Gasteiger partial charge < -0.3 is 5.32 Å². The van der Waals surface area contributed by atoms with Crippen molar-refractivity contribution in [3.63, 3.8) is 0 Å². The molecular weight excluding hydrogens is 266 g/mol. The predicted octanol–water partition coefficient (Wildman–Crippen LogP) is 2.75. The zero-order valence-corrected chi connectivity index (χ0v) is 12.6. The molecule has 2 atom stereocenters. The van der Waals surface area contributed by atoms with Crippen molar-refractivity contribution in [2.45, 2.75) is 26.1 Å². The first-order valence-electron chi connectivity index (χ1n) is 7.18. The Kier molecular flexibility index (Phi) is 4.45. The summed E-state index contributed by atoms with van der Waals surface area (Å²) >= 11 is 1.72. The number of rotatable bonds is 5. The topological polar surface area (TPSA) is 28.2 Å². The zero-order valence-electron chi connectivity index (χ0n) is 11.8. The molecule has 0 bridgehead atoms. The van der Waals surface area contributed by atoms with E-state index < -0.39 is 0 Å². The molecular formula is C16H21N3S. The van der Waals surface area contributed by atoms with Gasteiger partial charge in [0.2, 0.25) is 0 Å². The molecule has 1 aromatic carbocycles. The Bertz CT molecular complexity index is 512. The molecule has 1 aromatic heterocycles. The summed E-state index contributed by atoms with van der Waals surface area (Å²) in [5, 5.41) is 3.68. The normalized spacial score (nSPS) is 23.2. The van der Waals surface area contributed by atoms with Crippen LogP contribution in [0.1, 0.15) is 17.4 Å². The predicted molar refractivity (Wildman–Crippen MR) is 83.6 cm³/mol. The van der Waals surface area contributed by atoms with Crippen LogP contribution >= 0.6 is 11.3 Å². The molecule has 1 N–H and O–H groups in total. The highest BCUT2D eigenvalue weighted by atomic mass is 32.1. The van der Waals surface area contributed by atoms with Gasteiger partial charge in [-0.15, -0.1) is 11.3 Å². The second kappa shape index (κ2) is 6.48. The van der Waals surface area contributed by atoms with Gasteiger partial charge in [0, 0.05) is 43.3 Å². The Morgan fingerprint density at radius 3 is 2.90 bits per heavy atom. The molecule has 0 aliphatic carbocycles. The van der Waals surface area contributed by atoms with Gasteiger partial charge in [-0.25, -0.2) is 0 Å². The molecule has 20 heavy (non-hydrogen) atoms. The maximum atomic E-state index is 4.13. The molecule has 0 unspecified atom stereocenters. The molecule has 0 radical (unpaired) electrons. The van der Waals surface area contributed by atoms with Gasteiger partial charge in [-0.1, -0.05) is 37.3 Å². The Balaban J connectivity index is 1.51. The Labute approximate surface area is 124 Å². The zero-order chi connectivity index (χ0) is 13.8. The van der Waals surface area contributed by atoms with E-state index in [1.807, 2.05) is 11.7 Å². The van der Waals surface area contributed by atoms with E-state index in [0.29, 0.717) is 12.0 Å². The van der Waals surface area contributed by atoms with E-state index in [-0.39, 0.29) is 0 Å². The van der Waals surface area contributed by atoms with Crippen LogP contribution in [0.5, 0.6) is 0 Å². The number of likely N-dealkylation sites (tertiary alicyclic amines) is 1. The fourth-order valence-electron chi connectivity index (χ4n) is 2.86. The lowest BCUT2D eigenvalue weighted by Crippen LogP contribution is -2.34. The largest absolute Gasteiger partial charge is 0.307 e. The summed E-state index contributed by atoms with van der Waals surface area (Å²) in [6.07, 6.45) is 1.96. The monoisotopic (exact) mass is 287 g/mol. The first-order valence-corrected chi connectivity index (χ1v) is 8.06. The minimum atomic E-state index is 0.584. The molecule has 0 amide bonds. The van der Waals surface area contributed by atoms with Crippen molar-refractivity contribution in [2.24, 2.45) is 5.92 Å². The number of nitrogens with one attached hydrogen (secondary N) is 1. The maximum Gasteiger partial charge on any atom is 0.0794 e. The van der Waals surface area contributed by atoms with Gasteiger partial charge in [-0.3, -0.25) is 9.88 Å². The molecule has 3 rings (SSSR count). The second-order valence-electron chi connectivity index (χ2n) is 5.61. The summed E-state index contributed by atoms with van der Waals surface area (Å²) in [5.74, 6) is 0.701. The molecule has 1 fully saturated rings. The van der Waals surface area contributed by atoms with Gasteiger partial charge in [0.1, 0.15) is 0 Å². The summed E-state index contributed by atoms with van der Waals surface area (Å²) < 4.78 is 0. The third-order valence-electron chi connectivity index (χ3n) is 3.96. The number of benzene rings is 1. The summed E-state index contributed by atoms with van der Waals surface area (Å²) in [6.45, 7) is 6.65. The molecule has 4 heteroatoms. The van der Waals surface area contributed by atoms with Crippen LogP contribution in [-0.4, -0.2) is 29.0 Å². The molecule has 2 aromatic rings. The average Bonchev–Trinajstić information content (AvgIpc) is 3.08. The molecule has 0 spiro atoms. The van der Waals surface area contributed by atoms with Crippen molar-refractivity contribution in [1.82, 2.24) is 15.2 Å². The standard InChI is InChI=1S/C16H21N3S/c1-13-9-19(10-14-5-3-2-4-6-14)11-16(13)18-8-15-7-17-12-20-15/h2-7,12-13,16,18H,8-11H2,1H3/t13-,16+/m1/s1. The third-order valence-corrected chi connectivity index (χ3v) is 4.74. The van der Waals surface area contributed by atoms with E-state index in [1.165, 1.54) is 17.0 Å². The van der Waals surface area contributed by atoms with Gasteiger partial charge in [0.15, 0.2) is 0 Å². The molecule has 2 heterocycles. The lowest BCUT2D eigenvalue weighted by atomic mass is 10.1. The number of nitrogens with zero attached hydrogens (tertiary/aromatic N) is 2. The number of aromatic nitrogens is 1. The highest BCUT2D eigenvalue weighted by Gasteiger charge is 2.28. The van der Waals surface area contributed by atoms with E-state index in [9.17, 15) is 0 Å². The SMILES string of the molecule is C[C@@H]1CN(Cc2ccccc2)C[C@@H]1NCc1cncs1. The Hall–Kier alpha value is -1.23. The number of hydrogen-bond donors (Lipinski definition) is 1. The van der Waals surface area contributed by atoms with Crippen LogP contribution in [0.2, 0.25) is 0 Å². The van der Waals surface area contributed by atoms with Gasteiger partial charge in [0.25, 0.3) is 0 Å². The van der Waals surface area contributed by atoms with E-state index in [4.69, 9.17) is 0 Å². The number of hydrogen-bond acceptors (Lipinski definition) is 4. The lowest BCUT2D eigenvalue weighted by molar-refractivity contribution is 0.316. The average molecular weight is 287 g/mol. The van der Waals surface area contributed by atoms with E-state index >= 15 is 0 Å². The van der Waals surface area contributed by atoms with Crippen molar-refractivity contribution in [3.8, 4) is 0 Å². The summed E-state index contributed by atoms with van der Waals surface area (Å²) in [7, 11) is 0. The Morgan fingerprint density at radius 1 is 1.30 bits per heavy atom. The van der Waals surface area contributed by atoms with E-state index in [0.717, 1.165) is 19.6 Å². The van der Waals surface area contributed by atoms with Crippen LogP contribution in [0.3, 0.4) is 0 Å². The summed E-state index contributed by atoms with van der Waals surface area (Å²) in [6, 6.07) is 11.3. The van der Waals surface area contributed by atoms with Gasteiger partial charge in [0.05, 0.1) is 5.51 Å². The maximum absolute atomic E-state index is 4.13. The highest BCUT2D eigenvalue weighted by molar-refractivity contribution is 7.09.